The van der Waals surface area contributed by atoms with Gasteiger partial charge in [0.05, 0.1) is 29.6 Å². The van der Waals surface area contributed by atoms with Gasteiger partial charge in [-0.2, -0.15) is 10.1 Å². The lowest BCUT2D eigenvalue weighted by Crippen LogP contribution is -2.21. The summed E-state index contributed by atoms with van der Waals surface area (Å²) < 4.78 is 6.05. The van der Waals surface area contributed by atoms with Crippen molar-refractivity contribution in [3.05, 3.63) is 56.7 Å². The number of hydrazone groups is 1. The predicted molar refractivity (Wildman–Crippen MR) is 119 cm³/mol. The average Bonchev–Trinajstić information content (AvgIpc) is 3.00. The number of methoxy groups -OCH3 is 1. The lowest BCUT2D eigenvalue weighted by molar-refractivity contribution is -0.114. The Balaban J connectivity index is 2.03. The number of hydrogen-bond acceptors (Lipinski definition) is 5. The molecule has 0 saturated heterocycles. The molecule has 2 aromatic carbocycles. The molecule has 1 heterocycles. The molecular weight excluding hydrogens is 487 g/mol. The number of halogens is 1. The van der Waals surface area contributed by atoms with Crippen LogP contribution in [0.3, 0.4) is 0 Å². The topological polar surface area (TPSA) is 99.4 Å². The lowest BCUT2D eigenvalue weighted by atomic mass is 10.0. The molecule has 29 heavy (non-hydrogen) atoms. The van der Waals surface area contributed by atoms with Gasteiger partial charge in [0.25, 0.3) is 5.91 Å². The van der Waals surface area contributed by atoms with Crippen LogP contribution >= 0.6 is 22.6 Å². The number of ether oxygens (including phenoxy) is 1. The van der Waals surface area contributed by atoms with E-state index in [1.54, 1.807) is 30.3 Å². The van der Waals surface area contributed by atoms with Gasteiger partial charge in [-0.05, 0) is 71.5 Å². The number of benzene rings is 2. The van der Waals surface area contributed by atoms with Gasteiger partial charge in [-0.15, -0.1) is 0 Å². The SMILES string of the molecule is CCCC1=NN(c2ccc(C(=O)O)cc2)C(=O)C1=Cc1cc(I)cc(OC)c1O. The Labute approximate surface area is 181 Å². The third kappa shape index (κ3) is 4.26. The fraction of sp³-hybridized carbons (Fsp3) is 0.190. The number of nitrogens with zero attached hydrogens (tertiary/aromatic N) is 2. The number of phenolic OH excluding ortho intramolecular Hbond substituents is 1. The summed E-state index contributed by atoms with van der Waals surface area (Å²) in [4.78, 5) is 24.1. The normalized spacial score (nSPS) is 15.0. The van der Waals surface area contributed by atoms with Gasteiger partial charge in [-0.3, -0.25) is 4.79 Å². The number of hydrogen-bond donors (Lipinski definition) is 2. The minimum absolute atomic E-state index is 0.0478. The van der Waals surface area contributed by atoms with Crippen LogP contribution in [0.4, 0.5) is 5.69 Å². The summed E-state index contributed by atoms with van der Waals surface area (Å²) >= 11 is 2.11. The first-order valence-corrected chi connectivity index (χ1v) is 9.97. The van der Waals surface area contributed by atoms with Crippen molar-refractivity contribution >= 4 is 51.9 Å². The molecule has 0 saturated carbocycles. The van der Waals surface area contributed by atoms with Crippen molar-refractivity contribution in [2.45, 2.75) is 19.8 Å². The molecular formula is C21H19IN2O5. The summed E-state index contributed by atoms with van der Waals surface area (Å²) in [7, 11) is 1.47. The lowest BCUT2D eigenvalue weighted by Gasteiger charge is -2.12. The summed E-state index contributed by atoms with van der Waals surface area (Å²) in [6, 6.07) is 9.40. The van der Waals surface area contributed by atoms with Gasteiger partial charge in [0.15, 0.2) is 11.5 Å². The Bertz CT molecular complexity index is 1030. The van der Waals surface area contributed by atoms with Crippen LogP contribution in [0.5, 0.6) is 11.5 Å². The zero-order valence-electron chi connectivity index (χ0n) is 15.8. The van der Waals surface area contributed by atoms with Crippen LogP contribution < -0.4 is 9.75 Å². The second kappa shape index (κ2) is 8.64. The number of amides is 1. The number of carboxylic acids is 1. The van der Waals surface area contributed by atoms with E-state index < -0.39 is 5.97 Å². The van der Waals surface area contributed by atoms with E-state index in [1.165, 1.54) is 24.3 Å². The summed E-state index contributed by atoms with van der Waals surface area (Å²) in [6.45, 7) is 1.99. The molecule has 1 amide bonds. The van der Waals surface area contributed by atoms with E-state index in [0.717, 1.165) is 9.99 Å². The maximum Gasteiger partial charge on any atom is 0.335 e. The van der Waals surface area contributed by atoms with Gasteiger partial charge in [0, 0.05) is 9.13 Å². The standard InChI is InChI=1S/C21H19IN2O5/c1-3-4-17-16(10-13-9-14(22)11-18(29-2)19(13)25)20(26)24(23-17)15-7-5-12(6-8-15)21(27)28/h5-11,25H,3-4H2,1-2H3,(H,27,28). The highest BCUT2D eigenvalue weighted by Crippen LogP contribution is 2.35. The summed E-state index contributed by atoms with van der Waals surface area (Å²) in [5.74, 6) is -1.10. The minimum atomic E-state index is -1.04. The Kier molecular flexibility index (Phi) is 6.21. The number of rotatable bonds is 6. The number of aromatic hydroxyl groups is 1. The monoisotopic (exact) mass is 506 g/mol. The summed E-state index contributed by atoms with van der Waals surface area (Å²) in [5.41, 5.74) is 2.06. The number of phenols is 1. The van der Waals surface area contributed by atoms with Crippen molar-refractivity contribution in [3.63, 3.8) is 0 Å². The van der Waals surface area contributed by atoms with E-state index >= 15 is 0 Å². The quantitative estimate of drug-likeness (QED) is 0.450. The van der Waals surface area contributed by atoms with E-state index in [1.807, 2.05) is 6.92 Å². The number of carbonyl (C=O) groups is 2. The molecule has 0 atom stereocenters. The van der Waals surface area contributed by atoms with E-state index in [9.17, 15) is 14.7 Å². The molecule has 0 spiro atoms. The molecule has 0 fully saturated rings. The molecule has 0 unspecified atom stereocenters. The molecule has 2 N–H and O–H groups in total. The van der Waals surface area contributed by atoms with E-state index in [-0.39, 0.29) is 17.2 Å². The van der Waals surface area contributed by atoms with Gasteiger partial charge < -0.3 is 14.9 Å². The second-order valence-corrected chi connectivity index (χ2v) is 7.62. The Morgan fingerprint density at radius 3 is 2.55 bits per heavy atom. The fourth-order valence-electron chi connectivity index (χ4n) is 2.96. The van der Waals surface area contributed by atoms with Gasteiger partial charge in [0.1, 0.15) is 0 Å². The third-order valence-electron chi connectivity index (χ3n) is 4.39. The molecule has 150 valence electrons. The number of anilines is 1. The number of carboxylic acid groups (broad SMARTS) is 1. The van der Waals surface area contributed by atoms with Crippen molar-refractivity contribution in [3.8, 4) is 11.5 Å². The maximum atomic E-state index is 13.1. The zero-order valence-corrected chi connectivity index (χ0v) is 18.0. The largest absolute Gasteiger partial charge is 0.504 e. The van der Waals surface area contributed by atoms with Gasteiger partial charge >= 0.3 is 5.97 Å². The molecule has 3 rings (SSSR count). The van der Waals surface area contributed by atoms with Crippen molar-refractivity contribution in [2.24, 2.45) is 5.10 Å². The van der Waals surface area contributed by atoms with E-state index in [0.29, 0.717) is 34.7 Å². The van der Waals surface area contributed by atoms with Crippen molar-refractivity contribution < 1.29 is 24.5 Å². The highest BCUT2D eigenvalue weighted by atomic mass is 127. The second-order valence-electron chi connectivity index (χ2n) is 6.37. The molecule has 7 nitrogen and oxygen atoms in total. The Morgan fingerprint density at radius 2 is 1.97 bits per heavy atom. The van der Waals surface area contributed by atoms with Crippen LogP contribution in [0.1, 0.15) is 35.7 Å². The van der Waals surface area contributed by atoms with Crippen molar-refractivity contribution in [1.29, 1.82) is 0 Å². The van der Waals surface area contributed by atoms with Crippen LogP contribution in [-0.2, 0) is 4.79 Å². The molecule has 0 aromatic heterocycles. The third-order valence-corrected chi connectivity index (χ3v) is 5.01. The van der Waals surface area contributed by atoms with Crippen LogP contribution in [-0.4, -0.2) is 34.9 Å². The first-order valence-electron chi connectivity index (χ1n) is 8.89. The average molecular weight is 506 g/mol. The first-order chi connectivity index (χ1) is 13.8. The van der Waals surface area contributed by atoms with E-state index in [4.69, 9.17) is 9.84 Å². The Morgan fingerprint density at radius 1 is 1.28 bits per heavy atom. The minimum Gasteiger partial charge on any atom is -0.504 e. The molecule has 0 radical (unpaired) electrons. The highest BCUT2D eigenvalue weighted by Gasteiger charge is 2.31. The van der Waals surface area contributed by atoms with Crippen LogP contribution in [0.2, 0.25) is 0 Å². The Hall–Kier alpha value is -2.88. The summed E-state index contributed by atoms with van der Waals surface area (Å²) in [5, 5.41) is 25.2. The van der Waals surface area contributed by atoms with Crippen molar-refractivity contribution in [2.75, 3.05) is 12.1 Å². The van der Waals surface area contributed by atoms with Gasteiger partial charge in [0.2, 0.25) is 0 Å². The van der Waals surface area contributed by atoms with Crippen LogP contribution in [0.15, 0.2) is 47.1 Å². The molecule has 0 bridgehead atoms. The maximum absolute atomic E-state index is 13.1. The highest BCUT2D eigenvalue weighted by molar-refractivity contribution is 14.1. The molecule has 1 aliphatic rings. The number of aromatic carboxylic acids is 1. The van der Waals surface area contributed by atoms with E-state index in [2.05, 4.69) is 27.7 Å². The van der Waals surface area contributed by atoms with Crippen LogP contribution in [0.25, 0.3) is 6.08 Å². The molecule has 8 heteroatoms. The van der Waals surface area contributed by atoms with Gasteiger partial charge in [-0.25, -0.2) is 4.79 Å². The summed E-state index contributed by atoms with van der Waals surface area (Å²) in [6.07, 6.45) is 2.99. The molecule has 1 aliphatic heterocycles. The van der Waals surface area contributed by atoms with Gasteiger partial charge in [-0.1, -0.05) is 13.3 Å². The number of carbonyl (C=O) groups excluding carboxylic acids is 1. The molecule has 2 aromatic rings. The zero-order chi connectivity index (χ0) is 21.1. The fourth-order valence-corrected chi connectivity index (χ4v) is 3.58. The first kappa shape index (κ1) is 20.8. The van der Waals surface area contributed by atoms with Crippen LogP contribution in [0, 0.1) is 3.57 Å². The van der Waals surface area contributed by atoms with Crippen molar-refractivity contribution in [1.82, 2.24) is 0 Å². The molecule has 0 aliphatic carbocycles. The smallest absolute Gasteiger partial charge is 0.335 e. The predicted octanol–water partition coefficient (Wildman–Crippen LogP) is 4.29.